The number of carbonyl (C=O) groups is 2. The van der Waals surface area contributed by atoms with Crippen molar-refractivity contribution < 1.29 is 24.5 Å². The predicted octanol–water partition coefficient (Wildman–Crippen LogP) is 2.39. The summed E-state index contributed by atoms with van der Waals surface area (Å²) in [5.41, 5.74) is 2.76. The number of imidazole rings is 1. The second kappa shape index (κ2) is 13.9. The Balaban J connectivity index is 1.40. The molecule has 9 heteroatoms. The number of aliphatic hydroxyl groups is 1. The fourth-order valence-corrected chi connectivity index (χ4v) is 3.57. The Morgan fingerprint density at radius 2 is 1.71 bits per heavy atom. The average Bonchev–Trinajstić information content (AvgIpc) is 3.33. The maximum atomic E-state index is 12.0. The van der Waals surface area contributed by atoms with Gasteiger partial charge in [0, 0.05) is 19.2 Å². The van der Waals surface area contributed by atoms with Crippen LogP contribution < -0.4 is 10.6 Å². The van der Waals surface area contributed by atoms with Crippen LogP contribution >= 0.6 is 0 Å². The molecule has 0 aliphatic rings. The monoisotopic (exact) mass is 480 g/mol. The molecule has 1 amide bonds. The summed E-state index contributed by atoms with van der Waals surface area (Å²) in [6, 6.07) is 18.0. The Bertz CT molecular complexity index is 1040. The largest absolute Gasteiger partial charge is 0.480 e. The smallest absolute Gasteiger partial charge is 0.407 e. The minimum Gasteiger partial charge on any atom is -0.480 e. The number of aliphatic hydroxyl groups excluding tert-OH is 1. The zero-order valence-electron chi connectivity index (χ0n) is 19.5. The number of hydrogen-bond donors (Lipinski definition) is 4. The van der Waals surface area contributed by atoms with E-state index in [2.05, 4.69) is 27.8 Å². The first-order valence-electron chi connectivity index (χ1n) is 11.6. The van der Waals surface area contributed by atoms with Crippen LogP contribution in [0.25, 0.3) is 0 Å². The van der Waals surface area contributed by atoms with Crippen LogP contribution in [-0.2, 0) is 35.5 Å². The molecule has 0 bridgehead atoms. The van der Waals surface area contributed by atoms with Crippen LogP contribution in [0.4, 0.5) is 4.79 Å². The summed E-state index contributed by atoms with van der Waals surface area (Å²) in [7, 11) is 0. The fraction of sp³-hybridized carbons (Fsp3) is 0.346. The number of carboxylic acids is 1. The molecule has 0 saturated carbocycles. The summed E-state index contributed by atoms with van der Waals surface area (Å²) < 4.78 is 7.12. The van der Waals surface area contributed by atoms with E-state index in [0.717, 1.165) is 18.5 Å². The van der Waals surface area contributed by atoms with Gasteiger partial charge in [-0.3, -0.25) is 4.79 Å². The second-order valence-corrected chi connectivity index (χ2v) is 8.26. The molecule has 0 spiro atoms. The first kappa shape index (κ1) is 25.9. The number of aliphatic carboxylic acids is 1. The van der Waals surface area contributed by atoms with Crippen molar-refractivity contribution in [1.82, 2.24) is 20.2 Å². The Morgan fingerprint density at radius 3 is 2.37 bits per heavy atom. The van der Waals surface area contributed by atoms with Crippen LogP contribution in [0.3, 0.4) is 0 Å². The lowest BCUT2D eigenvalue weighted by Crippen LogP contribution is -2.43. The minimum atomic E-state index is -0.986. The van der Waals surface area contributed by atoms with Crippen molar-refractivity contribution in [2.45, 2.75) is 44.5 Å². The fourth-order valence-electron chi connectivity index (χ4n) is 3.57. The van der Waals surface area contributed by atoms with Gasteiger partial charge in [-0.15, -0.1) is 0 Å². The van der Waals surface area contributed by atoms with Gasteiger partial charge in [0.05, 0.1) is 24.7 Å². The van der Waals surface area contributed by atoms with E-state index in [0.29, 0.717) is 12.1 Å². The number of carboxylic acid groups (broad SMARTS) is 1. The van der Waals surface area contributed by atoms with Gasteiger partial charge in [0.1, 0.15) is 12.6 Å². The molecule has 0 aliphatic heterocycles. The highest BCUT2D eigenvalue weighted by atomic mass is 16.5. The number of nitrogens with one attached hydrogen (secondary N) is 2. The van der Waals surface area contributed by atoms with E-state index in [9.17, 15) is 19.8 Å². The molecule has 1 heterocycles. The van der Waals surface area contributed by atoms with Crippen molar-refractivity contribution in [2.75, 3.05) is 13.2 Å². The summed E-state index contributed by atoms with van der Waals surface area (Å²) in [5, 5.41) is 24.8. The van der Waals surface area contributed by atoms with Crippen LogP contribution in [0.1, 0.15) is 23.2 Å². The second-order valence-electron chi connectivity index (χ2n) is 8.26. The molecule has 2 aromatic carbocycles. The van der Waals surface area contributed by atoms with Crippen LogP contribution in [0.5, 0.6) is 0 Å². The van der Waals surface area contributed by atoms with E-state index in [4.69, 9.17) is 4.74 Å². The van der Waals surface area contributed by atoms with Crippen LogP contribution in [0.2, 0.25) is 0 Å². The number of aryl methyl sites for hydroxylation is 2. The number of nitrogens with zero attached hydrogens (tertiary/aromatic N) is 2. The Labute approximate surface area is 204 Å². The molecule has 1 aromatic heterocycles. The van der Waals surface area contributed by atoms with Crippen molar-refractivity contribution in [1.29, 1.82) is 0 Å². The molecule has 35 heavy (non-hydrogen) atoms. The highest BCUT2D eigenvalue weighted by Gasteiger charge is 2.20. The third kappa shape index (κ3) is 9.23. The molecule has 0 aliphatic carbocycles. The lowest BCUT2D eigenvalue weighted by atomic mass is 10.1. The zero-order valence-corrected chi connectivity index (χ0v) is 19.5. The van der Waals surface area contributed by atoms with E-state index >= 15 is 0 Å². The normalized spacial score (nSPS) is 12.6. The predicted molar refractivity (Wildman–Crippen MR) is 131 cm³/mol. The molecule has 0 fully saturated rings. The molecule has 3 aromatic rings. The highest BCUT2D eigenvalue weighted by Crippen LogP contribution is 2.06. The lowest BCUT2D eigenvalue weighted by molar-refractivity contribution is -0.139. The van der Waals surface area contributed by atoms with Gasteiger partial charge in [0.15, 0.2) is 0 Å². The number of carbonyl (C=O) groups excluding carboxylic acids is 1. The van der Waals surface area contributed by atoms with E-state index in [-0.39, 0.29) is 26.2 Å². The molecule has 2 atom stereocenters. The highest BCUT2D eigenvalue weighted by molar-refractivity contribution is 5.73. The molecule has 186 valence electrons. The summed E-state index contributed by atoms with van der Waals surface area (Å²) >= 11 is 0. The molecule has 4 N–H and O–H groups in total. The number of alkyl carbamates (subject to hydrolysis) is 1. The first-order chi connectivity index (χ1) is 17.0. The number of rotatable bonds is 14. The molecular weight excluding hydrogens is 448 g/mol. The minimum absolute atomic E-state index is 0.127. The molecular formula is C26H32N4O5. The van der Waals surface area contributed by atoms with Crippen LogP contribution in [-0.4, -0.2) is 57.1 Å². The Hall–Kier alpha value is -3.69. The third-order valence-corrected chi connectivity index (χ3v) is 5.54. The van der Waals surface area contributed by atoms with Gasteiger partial charge in [-0.05, 0) is 30.5 Å². The lowest BCUT2D eigenvalue weighted by Gasteiger charge is -2.18. The van der Waals surface area contributed by atoms with Gasteiger partial charge in [0.25, 0.3) is 0 Å². The van der Waals surface area contributed by atoms with E-state index in [1.165, 1.54) is 5.56 Å². The summed E-state index contributed by atoms with van der Waals surface area (Å²) in [6.45, 7) is 0.885. The van der Waals surface area contributed by atoms with Crippen LogP contribution in [0, 0.1) is 0 Å². The molecule has 0 saturated heterocycles. The SMILES string of the molecule is O=C(N[C@H](CO)CCN[C@@H](Cc1cn(CCc2ccccc2)cn1)C(=O)O)OCc1ccccc1. The number of amides is 1. The number of benzene rings is 2. The maximum Gasteiger partial charge on any atom is 0.407 e. The average molecular weight is 481 g/mol. The van der Waals surface area contributed by atoms with Gasteiger partial charge in [-0.1, -0.05) is 60.7 Å². The number of aromatic nitrogens is 2. The van der Waals surface area contributed by atoms with E-state index in [1.54, 1.807) is 6.33 Å². The van der Waals surface area contributed by atoms with Gasteiger partial charge < -0.3 is 30.2 Å². The number of hydrogen-bond acceptors (Lipinski definition) is 6. The molecule has 0 unspecified atom stereocenters. The summed E-state index contributed by atoms with van der Waals surface area (Å²) in [4.78, 5) is 28.1. The van der Waals surface area contributed by atoms with Crippen molar-refractivity contribution in [3.05, 3.63) is 90.0 Å². The van der Waals surface area contributed by atoms with Crippen LogP contribution in [0.15, 0.2) is 73.2 Å². The molecule has 9 nitrogen and oxygen atoms in total. The van der Waals surface area contributed by atoms with Crippen molar-refractivity contribution in [2.24, 2.45) is 0 Å². The summed E-state index contributed by atoms with van der Waals surface area (Å²) in [6.07, 6.45) is 4.37. The van der Waals surface area contributed by atoms with E-state index < -0.39 is 24.1 Å². The third-order valence-electron chi connectivity index (χ3n) is 5.54. The summed E-state index contributed by atoms with van der Waals surface area (Å²) in [5.74, 6) is -0.986. The molecule has 0 radical (unpaired) electrons. The maximum absolute atomic E-state index is 12.0. The Morgan fingerprint density at radius 1 is 1.03 bits per heavy atom. The molecule has 3 rings (SSSR count). The van der Waals surface area contributed by atoms with Crippen molar-refractivity contribution in [3.63, 3.8) is 0 Å². The van der Waals surface area contributed by atoms with E-state index in [1.807, 2.05) is 59.3 Å². The van der Waals surface area contributed by atoms with Gasteiger partial charge in [-0.2, -0.15) is 0 Å². The zero-order chi connectivity index (χ0) is 24.9. The first-order valence-corrected chi connectivity index (χ1v) is 11.6. The van der Waals surface area contributed by atoms with Gasteiger partial charge in [0.2, 0.25) is 0 Å². The van der Waals surface area contributed by atoms with Gasteiger partial charge in [-0.25, -0.2) is 9.78 Å². The topological polar surface area (TPSA) is 126 Å². The van der Waals surface area contributed by atoms with Crippen molar-refractivity contribution >= 4 is 12.1 Å². The standard InChI is InChI=1S/C26H32N4O5/c31-17-22(29-26(34)35-18-21-9-5-2-6-10-21)11-13-27-24(25(32)33)15-23-16-30(19-28-23)14-12-20-7-3-1-4-8-20/h1-10,16,19,22,24,27,31H,11-15,17-18H2,(H,29,34)(H,32,33)/t22-,24-/m0/s1. The quantitative estimate of drug-likeness (QED) is 0.279. The van der Waals surface area contributed by atoms with Crippen molar-refractivity contribution in [3.8, 4) is 0 Å². The number of ether oxygens (including phenoxy) is 1. The Kier molecular flexibility index (Phi) is 10.3. The van der Waals surface area contributed by atoms with Gasteiger partial charge >= 0.3 is 12.1 Å².